The van der Waals surface area contributed by atoms with Gasteiger partial charge in [0, 0.05) is 4.91 Å². The number of hydrogen-bond acceptors (Lipinski definition) is 5. The van der Waals surface area contributed by atoms with Gasteiger partial charge in [0.15, 0.2) is 5.01 Å². The first-order chi connectivity index (χ1) is 4.74. The van der Waals surface area contributed by atoms with Crippen molar-refractivity contribution >= 4 is 29.1 Å². The third-order valence-corrected chi connectivity index (χ3v) is 1.96. The number of ether oxygens (including phenoxy) is 1. The molecule has 0 aliphatic carbocycles. The molecule has 0 saturated heterocycles. The second-order valence-corrected chi connectivity index (χ2v) is 2.82. The molecular weight excluding hydrogens is 168 g/mol. The van der Waals surface area contributed by atoms with E-state index in [1.807, 2.05) is 0 Å². The number of methoxy groups -OCH3 is 1. The molecular formula is C5H6N2OS2. The van der Waals surface area contributed by atoms with Crippen LogP contribution in [0.25, 0.3) is 4.91 Å². The molecule has 1 aromatic rings. The van der Waals surface area contributed by atoms with Gasteiger partial charge in [-0.3, -0.25) is 0 Å². The molecule has 0 aromatic carbocycles. The van der Waals surface area contributed by atoms with Gasteiger partial charge in [0.1, 0.15) is 0 Å². The van der Waals surface area contributed by atoms with Gasteiger partial charge in [-0.25, -0.2) is 0 Å². The summed E-state index contributed by atoms with van der Waals surface area (Å²) in [6, 6.07) is 0.371. The van der Waals surface area contributed by atoms with E-state index in [1.54, 1.807) is 0 Å². The number of thiol groups is 1. The Morgan fingerprint density at radius 2 is 2.50 bits per heavy atom. The van der Waals surface area contributed by atoms with Gasteiger partial charge in [-0.1, -0.05) is 6.58 Å². The van der Waals surface area contributed by atoms with Crippen LogP contribution in [0.5, 0.6) is 6.01 Å². The van der Waals surface area contributed by atoms with Gasteiger partial charge in [0.05, 0.1) is 7.11 Å². The first-order valence-electron chi connectivity index (χ1n) is 2.50. The van der Waals surface area contributed by atoms with E-state index in [4.69, 9.17) is 4.74 Å². The number of aromatic nitrogens is 2. The molecule has 0 saturated carbocycles. The van der Waals surface area contributed by atoms with Crippen LogP contribution in [0.1, 0.15) is 5.01 Å². The summed E-state index contributed by atoms with van der Waals surface area (Å²) in [5.41, 5.74) is 0. The Labute approximate surface area is 68.3 Å². The Hall–Kier alpha value is -0.550. The van der Waals surface area contributed by atoms with Gasteiger partial charge in [-0.15, -0.1) is 17.0 Å². The first kappa shape index (κ1) is 7.56. The lowest BCUT2D eigenvalue weighted by Crippen LogP contribution is -1.83. The lowest BCUT2D eigenvalue weighted by atomic mass is 10.7. The molecule has 0 spiro atoms. The van der Waals surface area contributed by atoms with Gasteiger partial charge < -0.3 is 4.74 Å². The zero-order chi connectivity index (χ0) is 7.56. The fourth-order valence-corrected chi connectivity index (χ4v) is 1.09. The molecule has 10 heavy (non-hydrogen) atoms. The van der Waals surface area contributed by atoms with Crippen molar-refractivity contribution in [3.05, 3.63) is 11.6 Å². The van der Waals surface area contributed by atoms with Gasteiger partial charge in [0.2, 0.25) is 0 Å². The van der Waals surface area contributed by atoms with Crippen LogP contribution in [0.15, 0.2) is 6.58 Å². The molecule has 0 amide bonds. The Bertz CT molecular complexity index is 246. The Morgan fingerprint density at radius 1 is 1.80 bits per heavy atom. The van der Waals surface area contributed by atoms with Gasteiger partial charge in [0.25, 0.3) is 0 Å². The molecule has 0 N–H and O–H groups in total. The fourth-order valence-electron chi connectivity index (χ4n) is 0.410. The van der Waals surface area contributed by atoms with E-state index in [-0.39, 0.29) is 0 Å². The van der Waals surface area contributed by atoms with E-state index in [0.717, 1.165) is 0 Å². The molecule has 5 heteroatoms. The van der Waals surface area contributed by atoms with Crippen molar-refractivity contribution in [3.8, 4) is 6.01 Å². The zero-order valence-electron chi connectivity index (χ0n) is 5.37. The van der Waals surface area contributed by atoms with E-state index in [9.17, 15) is 0 Å². The topological polar surface area (TPSA) is 35.0 Å². The standard InChI is InChI=1S/C5H6N2OS2/c1-3(9)4-6-5(8-2)7-10-4/h9H,1H2,2H3. The Balaban J connectivity index is 2.88. The van der Waals surface area contributed by atoms with E-state index in [0.29, 0.717) is 15.9 Å². The smallest absolute Gasteiger partial charge is 0.328 e. The highest BCUT2D eigenvalue weighted by molar-refractivity contribution is 7.90. The van der Waals surface area contributed by atoms with Crippen molar-refractivity contribution in [2.75, 3.05) is 7.11 Å². The zero-order valence-corrected chi connectivity index (χ0v) is 7.08. The maximum atomic E-state index is 4.76. The average molecular weight is 174 g/mol. The largest absolute Gasteiger partial charge is 0.466 e. The minimum Gasteiger partial charge on any atom is -0.466 e. The molecule has 0 atom stereocenters. The SMILES string of the molecule is C=C(S)c1nc(OC)ns1. The lowest BCUT2D eigenvalue weighted by molar-refractivity contribution is 0.386. The molecule has 3 nitrogen and oxygen atoms in total. The van der Waals surface area contributed by atoms with E-state index >= 15 is 0 Å². The predicted octanol–water partition coefficient (Wildman–Crippen LogP) is 1.45. The van der Waals surface area contributed by atoms with E-state index < -0.39 is 0 Å². The molecule has 54 valence electrons. The van der Waals surface area contributed by atoms with Crippen molar-refractivity contribution in [3.63, 3.8) is 0 Å². The van der Waals surface area contributed by atoms with Crippen LogP contribution in [0, 0.1) is 0 Å². The van der Waals surface area contributed by atoms with Crippen LogP contribution >= 0.6 is 24.2 Å². The van der Waals surface area contributed by atoms with Crippen molar-refractivity contribution in [1.82, 2.24) is 9.36 Å². The number of rotatable bonds is 2. The Kier molecular flexibility index (Phi) is 2.29. The highest BCUT2D eigenvalue weighted by Gasteiger charge is 2.02. The second-order valence-electron chi connectivity index (χ2n) is 1.53. The van der Waals surface area contributed by atoms with Crippen LogP contribution in [-0.4, -0.2) is 16.5 Å². The highest BCUT2D eigenvalue weighted by atomic mass is 32.1. The average Bonchev–Trinajstić information content (AvgIpc) is 2.34. The lowest BCUT2D eigenvalue weighted by Gasteiger charge is -1.86. The minimum absolute atomic E-state index is 0.371. The van der Waals surface area contributed by atoms with Crippen molar-refractivity contribution in [2.24, 2.45) is 0 Å². The molecule has 1 heterocycles. The number of hydrogen-bond donors (Lipinski definition) is 1. The molecule has 0 aliphatic heterocycles. The van der Waals surface area contributed by atoms with Crippen LogP contribution < -0.4 is 4.74 Å². The van der Waals surface area contributed by atoms with Crippen LogP contribution in [0.3, 0.4) is 0 Å². The summed E-state index contributed by atoms with van der Waals surface area (Å²) in [5, 5.41) is 0.695. The van der Waals surface area contributed by atoms with Crippen LogP contribution in [-0.2, 0) is 0 Å². The van der Waals surface area contributed by atoms with Crippen molar-refractivity contribution in [1.29, 1.82) is 0 Å². The highest BCUT2D eigenvalue weighted by Crippen LogP contribution is 2.20. The Morgan fingerprint density at radius 3 is 2.80 bits per heavy atom. The van der Waals surface area contributed by atoms with Crippen LogP contribution in [0.4, 0.5) is 0 Å². The molecule has 0 unspecified atom stereocenters. The fraction of sp³-hybridized carbons (Fsp3) is 0.200. The normalized spacial score (nSPS) is 9.40. The number of nitrogens with zero attached hydrogens (tertiary/aromatic N) is 2. The minimum atomic E-state index is 0.371. The summed E-state index contributed by atoms with van der Waals surface area (Å²) in [4.78, 5) is 4.55. The summed E-state index contributed by atoms with van der Waals surface area (Å²) in [7, 11) is 1.52. The summed E-state index contributed by atoms with van der Waals surface area (Å²) in [6.45, 7) is 3.59. The van der Waals surface area contributed by atoms with Gasteiger partial charge in [-0.05, 0) is 11.5 Å². The summed E-state index contributed by atoms with van der Waals surface area (Å²) < 4.78 is 8.61. The quantitative estimate of drug-likeness (QED) is 0.689. The van der Waals surface area contributed by atoms with E-state index in [2.05, 4.69) is 28.6 Å². The molecule has 0 bridgehead atoms. The van der Waals surface area contributed by atoms with Crippen molar-refractivity contribution in [2.45, 2.75) is 0 Å². The summed E-state index contributed by atoms with van der Waals surface area (Å²) >= 11 is 5.22. The summed E-state index contributed by atoms with van der Waals surface area (Å²) in [6.07, 6.45) is 0. The van der Waals surface area contributed by atoms with Crippen LogP contribution in [0.2, 0.25) is 0 Å². The molecule has 0 aliphatic rings. The first-order valence-corrected chi connectivity index (χ1v) is 3.72. The van der Waals surface area contributed by atoms with Crippen molar-refractivity contribution < 1.29 is 4.74 Å². The maximum Gasteiger partial charge on any atom is 0.328 e. The molecule has 1 rings (SSSR count). The third-order valence-electron chi connectivity index (χ3n) is 0.837. The second kappa shape index (κ2) is 3.03. The third kappa shape index (κ3) is 1.48. The van der Waals surface area contributed by atoms with Gasteiger partial charge in [-0.2, -0.15) is 4.98 Å². The predicted molar refractivity (Wildman–Crippen MR) is 44.5 cm³/mol. The molecule has 1 aromatic heterocycles. The molecule has 0 fully saturated rings. The monoisotopic (exact) mass is 174 g/mol. The molecule has 0 radical (unpaired) electrons. The summed E-state index contributed by atoms with van der Waals surface area (Å²) in [5.74, 6) is 0. The maximum absolute atomic E-state index is 4.76. The van der Waals surface area contributed by atoms with E-state index in [1.165, 1.54) is 18.6 Å². The van der Waals surface area contributed by atoms with Gasteiger partial charge >= 0.3 is 6.01 Å².